The molecule has 0 spiro atoms. The Kier molecular flexibility index (Phi) is 2.70. The molecule has 1 aromatic carbocycles. The average Bonchev–Trinajstić information content (AvgIpc) is 2.29. The molecule has 16 heavy (non-hydrogen) atoms. The van der Waals surface area contributed by atoms with Crippen LogP contribution in [0.5, 0.6) is 0 Å². The highest BCUT2D eigenvalue weighted by Crippen LogP contribution is 2.22. The third-order valence-electron chi connectivity index (χ3n) is 2.63. The summed E-state index contributed by atoms with van der Waals surface area (Å²) in [7, 11) is 0. The molecule has 0 atom stereocenters. The van der Waals surface area contributed by atoms with Crippen LogP contribution in [0.3, 0.4) is 0 Å². The minimum absolute atomic E-state index is 0.720. The molecule has 0 saturated carbocycles. The number of rotatable bonds is 1. The van der Waals surface area contributed by atoms with E-state index >= 15 is 0 Å². The molecule has 0 bridgehead atoms. The van der Waals surface area contributed by atoms with E-state index in [4.69, 9.17) is 5.26 Å². The summed E-state index contributed by atoms with van der Waals surface area (Å²) >= 11 is 0. The van der Waals surface area contributed by atoms with E-state index in [1.54, 1.807) is 6.20 Å². The first-order chi connectivity index (χ1) is 7.72. The number of aryl methyl sites for hydroxylation is 2. The normalized spacial score (nSPS) is 9.81. The van der Waals surface area contributed by atoms with Crippen molar-refractivity contribution in [2.24, 2.45) is 0 Å². The summed E-state index contributed by atoms with van der Waals surface area (Å²) in [6.45, 7) is 3.98. The van der Waals surface area contributed by atoms with Gasteiger partial charge in [-0.15, -0.1) is 0 Å². The zero-order chi connectivity index (χ0) is 11.5. The molecule has 0 radical (unpaired) electrons. The van der Waals surface area contributed by atoms with Gasteiger partial charge in [0, 0.05) is 11.8 Å². The van der Waals surface area contributed by atoms with Crippen molar-refractivity contribution in [3.63, 3.8) is 0 Å². The SMILES string of the molecule is Cc1cc(-c2ncccc2C)ccc1C#N. The van der Waals surface area contributed by atoms with E-state index in [-0.39, 0.29) is 0 Å². The topological polar surface area (TPSA) is 36.7 Å². The van der Waals surface area contributed by atoms with E-state index in [2.05, 4.69) is 11.1 Å². The van der Waals surface area contributed by atoms with Crippen LogP contribution in [0.4, 0.5) is 0 Å². The van der Waals surface area contributed by atoms with Crippen LogP contribution < -0.4 is 0 Å². The molecule has 1 heterocycles. The van der Waals surface area contributed by atoms with Gasteiger partial charge < -0.3 is 0 Å². The van der Waals surface area contributed by atoms with E-state index in [1.807, 2.05) is 44.2 Å². The van der Waals surface area contributed by atoms with Gasteiger partial charge in [-0.05, 0) is 43.2 Å². The van der Waals surface area contributed by atoms with Crippen molar-refractivity contribution < 1.29 is 0 Å². The molecular weight excluding hydrogens is 196 g/mol. The molecule has 0 unspecified atom stereocenters. The number of pyridine rings is 1. The van der Waals surface area contributed by atoms with Crippen LogP contribution in [0.15, 0.2) is 36.5 Å². The first kappa shape index (κ1) is 10.4. The van der Waals surface area contributed by atoms with Crippen molar-refractivity contribution >= 4 is 0 Å². The monoisotopic (exact) mass is 208 g/mol. The molecule has 0 fully saturated rings. The van der Waals surface area contributed by atoms with E-state index < -0.39 is 0 Å². The molecule has 0 amide bonds. The van der Waals surface area contributed by atoms with Gasteiger partial charge in [-0.3, -0.25) is 4.98 Å². The van der Waals surface area contributed by atoms with Gasteiger partial charge in [0.1, 0.15) is 0 Å². The van der Waals surface area contributed by atoms with Crippen molar-refractivity contribution in [3.8, 4) is 17.3 Å². The van der Waals surface area contributed by atoms with Gasteiger partial charge in [-0.2, -0.15) is 5.26 Å². The van der Waals surface area contributed by atoms with Gasteiger partial charge in [0.2, 0.25) is 0 Å². The molecule has 2 heteroatoms. The summed E-state index contributed by atoms with van der Waals surface area (Å²) in [4.78, 5) is 4.36. The van der Waals surface area contributed by atoms with E-state index in [1.165, 1.54) is 0 Å². The fraction of sp³-hybridized carbons (Fsp3) is 0.143. The summed E-state index contributed by atoms with van der Waals surface area (Å²) in [6, 6.07) is 11.9. The van der Waals surface area contributed by atoms with Crippen molar-refractivity contribution in [3.05, 3.63) is 53.2 Å². The number of nitrogens with zero attached hydrogens (tertiary/aromatic N) is 2. The van der Waals surface area contributed by atoms with Crippen LogP contribution in [0.2, 0.25) is 0 Å². The third kappa shape index (κ3) is 1.80. The van der Waals surface area contributed by atoms with Gasteiger partial charge in [0.05, 0.1) is 17.3 Å². The Morgan fingerprint density at radius 2 is 1.94 bits per heavy atom. The molecule has 2 rings (SSSR count). The highest BCUT2D eigenvalue weighted by Gasteiger charge is 2.04. The Labute approximate surface area is 95.2 Å². The molecule has 2 aromatic rings. The summed E-state index contributed by atoms with van der Waals surface area (Å²) in [5, 5.41) is 8.87. The zero-order valence-electron chi connectivity index (χ0n) is 9.36. The Hall–Kier alpha value is -2.14. The maximum atomic E-state index is 8.87. The van der Waals surface area contributed by atoms with Crippen LogP contribution in [0, 0.1) is 25.2 Å². The van der Waals surface area contributed by atoms with Crippen LogP contribution in [0.1, 0.15) is 16.7 Å². The molecular formula is C14H12N2. The number of benzene rings is 1. The number of aromatic nitrogens is 1. The summed E-state index contributed by atoms with van der Waals surface area (Å²) in [5.41, 5.74) is 4.90. The number of nitriles is 1. The second kappa shape index (κ2) is 4.16. The third-order valence-corrected chi connectivity index (χ3v) is 2.63. The van der Waals surface area contributed by atoms with E-state index in [0.29, 0.717) is 0 Å². The van der Waals surface area contributed by atoms with Gasteiger partial charge in [0.15, 0.2) is 0 Å². The summed E-state index contributed by atoms with van der Waals surface area (Å²) < 4.78 is 0. The van der Waals surface area contributed by atoms with Crippen molar-refractivity contribution in [1.29, 1.82) is 5.26 Å². The molecule has 0 saturated heterocycles. The van der Waals surface area contributed by atoms with E-state index in [0.717, 1.165) is 27.9 Å². The first-order valence-corrected chi connectivity index (χ1v) is 5.15. The minimum Gasteiger partial charge on any atom is -0.256 e. The quantitative estimate of drug-likeness (QED) is 0.721. The predicted octanol–water partition coefficient (Wildman–Crippen LogP) is 3.24. The van der Waals surface area contributed by atoms with Gasteiger partial charge in [-0.1, -0.05) is 12.1 Å². The summed E-state index contributed by atoms with van der Waals surface area (Å²) in [6.07, 6.45) is 1.79. The van der Waals surface area contributed by atoms with Gasteiger partial charge in [0.25, 0.3) is 0 Å². The standard InChI is InChI=1S/C14H12N2/c1-10-4-3-7-16-14(10)12-5-6-13(9-15)11(2)8-12/h3-8H,1-2H3. The fourth-order valence-corrected chi connectivity index (χ4v) is 1.72. The van der Waals surface area contributed by atoms with E-state index in [9.17, 15) is 0 Å². The molecule has 2 nitrogen and oxygen atoms in total. The fourth-order valence-electron chi connectivity index (χ4n) is 1.72. The first-order valence-electron chi connectivity index (χ1n) is 5.15. The average molecular weight is 208 g/mol. The molecule has 0 aliphatic carbocycles. The predicted molar refractivity (Wildman–Crippen MR) is 63.9 cm³/mol. The van der Waals surface area contributed by atoms with Crippen LogP contribution in [0.25, 0.3) is 11.3 Å². The van der Waals surface area contributed by atoms with Gasteiger partial charge in [-0.25, -0.2) is 0 Å². The lowest BCUT2D eigenvalue weighted by Gasteiger charge is -2.06. The smallest absolute Gasteiger partial charge is 0.0994 e. The molecule has 0 aliphatic rings. The minimum atomic E-state index is 0.720. The molecule has 78 valence electrons. The number of hydrogen-bond donors (Lipinski definition) is 0. The Morgan fingerprint density at radius 3 is 2.56 bits per heavy atom. The molecule has 1 aromatic heterocycles. The van der Waals surface area contributed by atoms with Gasteiger partial charge >= 0.3 is 0 Å². The number of hydrogen-bond acceptors (Lipinski definition) is 2. The lowest BCUT2D eigenvalue weighted by atomic mass is 10.0. The van der Waals surface area contributed by atoms with Crippen molar-refractivity contribution in [2.45, 2.75) is 13.8 Å². The van der Waals surface area contributed by atoms with Crippen molar-refractivity contribution in [2.75, 3.05) is 0 Å². The molecule has 0 aliphatic heterocycles. The highest BCUT2D eigenvalue weighted by atomic mass is 14.7. The second-order valence-electron chi connectivity index (χ2n) is 3.81. The van der Waals surface area contributed by atoms with Crippen LogP contribution >= 0.6 is 0 Å². The Bertz CT molecular complexity index is 565. The van der Waals surface area contributed by atoms with Crippen LogP contribution in [-0.2, 0) is 0 Å². The van der Waals surface area contributed by atoms with Crippen molar-refractivity contribution in [1.82, 2.24) is 4.98 Å². The Morgan fingerprint density at radius 1 is 1.12 bits per heavy atom. The summed E-state index contributed by atoms with van der Waals surface area (Å²) in [5.74, 6) is 0. The lowest BCUT2D eigenvalue weighted by Crippen LogP contribution is -1.89. The maximum Gasteiger partial charge on any atom is 0.0994 e. The lowest BCUT2D eigenvalue weighted by molar-refractivity contribution is 1.26. The van der Waals surface area contributed by atoms with Crippen LogP contribution in [-0.4, -0.2) is 4.98 Å². The molecule has 0 N–H and O–H groups in total. The maximum absolute atomic E-state index is 8.87. The zero-order valence-corrected chi connectivity index (χ0v) is 9.36. The Balaban J connectivity index is 2.55. The second-order valence-corrected chi connectivity index (χ2v) is 3.81. The highest BCUT2D eigenvalue weighted by molar-refractivity contribution is 5.64. The largest absolute Gasteiger partial charge is 0.256 e.